The van der Waals surface area contributed by atoms with Gasteiger partial charge in [-0.25, -0.2) is 9.07 Å². The smallest absolute Gasteiger partial charge is 0.366 e. The number of alkyl halides is 3. The molecule has 3 aromatic carbocycles. The SMILES string of the molecule is Cc1cc(C(F)(F)F)cc(-n2nc(C)c3cc(N4CCN(C)CC4Cc4ccccc4)ccc32)c1F. The van der Waals surface area contributed by atoms with Crippen LogP contribution in [0.4, 0.5) is 23.2 Å². The maximum Gasteiger partial charge on any atom is 0.416 e. The van der Waals surface area contributed by atoms with Gasteiger partial charge in [-0.1, -0.05) is 30.3 Å². The fourth-order valence-electron chi connectivity index (χ4n) is 5.10. The number of benzene rings is 3. The fourth-order valence-corrected chi connectivity index (χ4v) is 5.10. The van der Waals surface area contributed by atoms with Gasteiger partial charge in [-0.3, -0.25) is 0 Å². The van der Waals surface area contributed by atoms with Gasteiger partial charge in [0.25, 0.3) is 0 Å². The van der Waals surface area contributed by atoms with Gasteiger partial charge < -0.3 is 9.80 Å². The maximum atomic E-state index is 15.0. The summed E-state index contributed by atoms with van der Waals surface area (Å²) in [5.74, 6) is -0.710. The fraction of sp³-hybridized carbons (Fsp3) is 0.321. The van der Waals surface area contributed by atoms with Crippen molar-refractivity contribution >= 4 is 16.6 Å². The van der Waals surface area contributed by atoms with Crippen molar-refractivity contribution in [2.75, 3.05) is 31.6 Å². The van der Waals surface area contributed by atoms with Gasteiger partial charge in [0.15, 0.2) is 5.82 Å². The molecule has 5 rings (SSSR count). The number of rotatable bonds is 4. The number of fused-ring (bicyclic) bond motifs is 1. The third-order valence-corrected chi connectivity index (χ3v) is 6.97. The first-order valence-electron chi connectivity index (χ1n) is 12.0. The molecule has 188 valence electrons. The van der Waals surface area contributed by atoms with E-state index < -0.39 is 17.6 Å². The molecule has 8 heteroatoms. The molecule has 1 unspecified atom stereocenters. The zero-order valence-corrected chi connectivity index (χ0v) is 20.5. The van der Waals surface area contributed by atoms with Crippen molar-refractivity contribution in [2.24, 2.45) is 0 Å². The summed E-state index contributed by atoms with van der Waals surface area (Å²) in [6.45, 7) is 5.84. The summed E-state index contributed by atoms with van der Waals surface area (Å²) in [4.78, 5) is 4.71. The number of aryl methyl sites for hydroxylation is 2. The lowest BCUT2D eigenvalue weighted by Crippen LogP contribution is -2.53. The van der Waals surface area contributed by atoms with Crippen molar-refractivity contribution in [3.05, 3.63) is 88.9 Å². The minimum Gasteiger partial charge on any atom is -0.366 e. The van der Waals surface area contributed by atoms with E-state index in [1.165, 1.54) is 17.2 Å². The highest BCUT2D eigenvalue weighted by Crippen LogP contribution is 2.35. The molecule has 0 bridgehead atoms. The van der Waals surface area contributed by atoms with Crippen LogP contribution < -0.4 is 4.90 Å². The van der Waals surface area contributed by atoms with Crippen molar-refractivity contribution in [1.82, 2.24) is 14.7 Å². The highest BCUT2D eigenvalue weighted by atomic mass is 19.4. The summed E-state index contributed by atoms with van der Waals surface area (Å²) in [6, 6.07) is 18.1. The zero-order chi connectivity index (χ0) is 25.6. The molecule has 0 saturated carbocycles. The van der Waals surface area contributed by atoms with Crippen LogP contribution in [-0.4, -0.2) is 47.4 Å². The number of nitrogens with zero attached hydrogens (tertiary/aromatic N) is 4. The summed E-state index contributed by atoms with van der Waals surface area (Å²) in [7, 11) is 2.12. The summed E-state index contributed by atoms with van der Waals surface area (Å²) in [5, 5.41) is 5.24. The molecular weight excluding hydrogens is 468 g/mol. The van der Waals surface area contributed by atoms with Crippen molar-refractivity contribution < 1.29 is 17.6 Å². The predicted molar refractivity (Wildman–Crippen MR) is 134 cm³/mol. The molecule has 1 aliphatic rings. The van der Waals surface area contributed by atoms with E-state index in [0.29, 0.717) is 11.2 Å². The molecule has 1 atom stereocenters. The normalized spacial score (nSPS) is 17.2. The quantitative estimate of drug-likeness (QED) is 0.316. The molecule has 0 amide bonds. The standard InChI is InChI=1S/C28H28F4N4/c1-18-13-21(28(30,31)32)15-26(27(18)29)36-25-10-9-22(16-24(25)19(2)33-36)35-12-11-34(3)17-23(35)14-20-7-5-4-6-8-20/h4-10,13,15-16,23H,11-12,14,17H2,1-3H3. The van der Waals surface area contributed by atoms with E-state index in [1.807, 2.05) is 36.4 Å². The number of aromatic nitrogens is 2. The lowest BCUT2D eigenvalue weighted by molar-refractivity contribution is -0.137. The van der Waals surface area contributed by atoms with E-state index in [2.05, 4.69) is 34.1 Å². The third kappa shape index (κ3) is 4.57. The second-order valence-electron chi connectivity index (χ2n) is 9.62. The topological polar surface area (TPSA) is 24.3 Å². The van der Waals surface area contributed by atoms with Gasteiger partial charge in [0, 0.05) is 36.7 Å². The molecule has 1 aromatic heterocycles. The zero-order valence-electron chi connectivity index (χ0n) is 20.5. The Kier molecular flexibility index (Phi) is 6.24. The van der Waals surface area contributed by atoms with E-state index in [0.717, 1.165) is 49.3 Å². The number of anilines is 1. The molecule has 1 saturated heterocycles. The Labute approximate surface area is 207 Å². The highest BCUT2D eigenvalue weighted by Gasteiger charge is 2.33. The van der Waals surface area contributed by atoms with Crippen molar-refractivity contribution in [3.8, 4) is 5.69 Å². The molecule has 0 aliphatic carbocycles. The van der Waals surface area contributed by atoms with Crippen LogP contribution in [0.25, 0.3) is 16.6 Å². The van der Waals surface area contributed by atoms with Gasteiger partial charge in [-0.05, 0) is 68.8 Å². The number of likely N-dealkylation sites (N-methyl/N-ethyl adjacent to an activating group) is 1. The van der Waals surface area contributed by atoms with E-state index in [1.54, 1.807) is 6.92 Å². The minimum atomic E-state index is -4.58. The lowest BCUT2D eigenvalue weighted by atomic mass is 10.0. The van der Waals surface area contributed by atoms with Crippen LogP contribution in [0.1, 0.15) is 22.4 Å². The molecule has 1 fully saturated rings. The van der Waals surface area contributed by atoms with E-state index in [-0.39, 0.29) is 17.3 Å². The second kappa shape index (κ2) is 9.24. The number of hydrogen-bond acceptors (Lipinski definition) is 3. The molecular formula is C28H28F4N4. The summed E-state index contributed by atoms with van der Waals surface area (Å²) >= 11 is 0. The first-order chi connectivity index (χ1) is 17.1. The van der Waals surface area contributed by atoms with Crippen LogP contribution in [0.2, 0.25) is 0 Å². The van der Waals surface area contributed by atoms with E-state index >= 15 is 4.39 Å². The van der Waals surface area contributed by atoms with Crippen molar-refractivity contribution in [3.63, 3.8) is 0 Å². The predicted octanol–water partition coefficient (Wildman–Crippen LogP) is 6.16. The van der Waals surface area contributed by atoms with Gasteiger partial charge in [0.2, 0.25) is 0 Å². The molecule has 36 heavy (non-hydrogen) atoms. The van der Waals surface area contributed by atoms with Crippen LogP contribution in [0.3, 0.4) is 0 Å². The molecule has 4 nitrogen and oxygen atoms in total. The Morgan fingerprint density at radius 2 is 1.72 bits per heavy atom. The molecule has 2 heterocycles. The van der Waals surface area contributed by atoms with Gasteiger partial charge in [-0.2, -0.15) is 18.3 Å². The van der Waals surface area contributed by atoms with Crippen LogP contribution in [0.15, 0.2) is 60.7 Å². The van der Waals surface area contributed by atoms with Crippen LogP contribution >= 0.6 is 0 Å². The molecule has 4 aromatic rings. The Morgan fingerprint density at radius 3 is 2.44 bits per heavy atom. The molecule has 0 spiro atoms. The van der Waals surface area contributed by atoms with Crippen LogP contribution in [0, 0.1) is 19.7 Å². The largest absolute Gasteiger partial charge is 0.416 e. The molecule has 0 N–H and O–H groups in total. The molecule has 0 radical (unpaired) electrons. The first kappa shape index (κ1) is 24.3. The Bertz CT molecular complexity index is 1390. The lowest BCUT2D eigenvalue weighted by Gasteiger charge is -2.42. The Hall–Kier alpha value is -3.39. The average Bonchev–Trinajstić information content (AvgIpc) is 3.16. The number of piperazine rings is 1. The molecule has 1 aliphatic heterocycles. The first-order valence-corrected chi connectivity index (χ1v) is 12.0. The van der Waals surface area contributed by atoms with Gasteiger partial charge in [-0.15, -0.1) is 0 Å². The summed E-state index contributed by atoms with van der Waals surface area (Å²) in [6.07, 6.45) is -3.68. The van der Waals surface area contributed by atoms with E-state index in [4.69, 9.17) is 0 Å². The van der Waals surface area contributed by atoms with Crippen LogP contribution in [-0.2, 0) is 12.6 Å². The van der Waals surface area contributed by atoms with E-state index in [9.17, 15) is 13.2 Å². The second-order valence-corrected chi connectivity index (χ2v) is 9.62. The average molecular weight is 497 g/mol. The third-order valence-electron chi connectivity index (χ3n) is 6.97. The number of hydrogen-bond donors (Lipinski definition) is 0. The van der Waals surface area contributed by atoms with Gasteiger partial charge in [0.1, 0.15) is 5.69 Å². The highest BCUT2D eigenvalue weighted by molar-refractivity contribution is 5.87. The minimum absolute atomic E-state index is 0.0704. The number of halogens is 4. The van der Waals surface area contributed by atoms with Gasteiger partial charge in [0.05, 0.1) is 16.8 Å². The summed E-state index contributed by atoms with van der Waals surface area (Å²) in [5.41, 5.74) is 2.34. The maximum absolute atomic E-state index is 15.0. The van der Waals surface area contributed by atoms with Gasteiger partial charge >= 0.3 is 6.18 Å². The Morgan fingerprint density at radius 1 is 0.972 bits per heavy atom. The van der Waals surface area contributed by atoms with Crippen molar-refractivity contribution in [1.29, 1.82) is 0 Å². The summed E-state index contributed by atoms with van der Waals surface area (Å²) < 4.78 is 56.6. The van der Waals surface area contributed by atoms with Crippen molar-refractivity contribution in [2.45, 2.75) is 32.5 Å². The van der Waals surface area contributed by atoms with Crippen LogP contribution in [0.5, 0.6) is 0 Å². The monoisotopic (exact) mass is 496 g/mol. The Balaban J connectivity index is 1.55.